The molecule has 0 fully saturated rings. The van der Waals surface area contributed by atoms with Crippen molar-refractivity contribution in [1.29, 1.82) is 5.26 Å². The largest absolute Gasteiger partial charge is 0.493 e. The minimum absolute atomic E-state index is 0.499. The molecule has 0 aliphatic heterocycles. The van der Waals surface area contributed by atoms with Crippen molar-refractivity contribution in [2.45, 2.75) is 26.7 Å². The lowest BCUT2D eigenvalue weighted by Crippen LogP contribution is -2.00. The van der Waals surface area contributed by atoms with Crippen LogP contribution in [0.15, 0.2) is 42.6 Å². The Morgan fingerprint density at radius 1 is 1.12 bits per heavy atom. The number of allylic oxidation sites excluding steroid dienone is 1. The van der Waals surface area contributed by atoms with Crippen LogP contribution in [0.3, 0.4) is 0 Å². The maximum absolute atomic E-state index is 9.45. The van der Waals surface area contributed by atoms with E-state index >= 15 is 0 Å². The maximum atomic E-state index is 9.45. The van der Waals surface area contributed by atoms with Gasteiger partial charge in [-0.05, 0) is 43.2 Å². The van der Waals surface area contributed by atoms with Crippen molar-refractivity contribution >= 4 is 11.6 Å². The van der Waals surface area contributed by atoms with Gasteiger partial charge in [0, 0.05) is 17.8 Å². The van der Waals surface area contributed by atoms with Gasteiger partial charge in [0.25, 0.3) is 0 Å². The Morgan fingerprint density at radius 2 is 1.92 bits per heavy atom. The van der Waals surface area contributed by atoms with E-state index in [0.717, 1.165) is 24.2 Å². The lowest BCUT2D eigenvalue weighted by molar-refractivity contribution is 0.301. The monoisotopic (exact) mass is 322 g/mol. The molecule has 2 rings (SSSR count). The average Bonchev–Trinajstić information content (AvgIpc) is 2.64. The van der Waals surface area contributed by atoms with Crippen molar-refractivity contribution < 1.29 is 9.47 Å². The van der Waals surface area contributed by atoms with Crippen LogP contribution < -0.4 is 9.47 Å². The van der Waals surface area contributed by atoms with E-state index in [2.05, 4.69) is 24.9 Å². The minimum atomic E-state index is 0.499. The zero-order valence-electron chi connectivity index (χ0n) is 14.2. The Morgan fingerprint density at radius 3 is 2.58 bits per heavy atom. The molecule has 1 aromatic heterocycles. The highest BCUT2D eigenvalue weighted by Crippen LogP contribution is 2.29. The molecule has 0 aliphatic rings. The van der Waals surface area contributed by atoms with E-state index in [0.29, 0.717) is 30.2 Å². The summed E-state index contributed by atoms with van der Waals surface area (Å²) in [5, 5.41) is 9.45. The van der Waals surface area contributed by atoms with Crippen LogP contribution in [0.2, 0.25) is 0 Å². The van der Waals surface area contributed by atoms with E-state index in [1.54, 1.807) is 12.3 Å². The highest BCUT2D eigenvalue weighted by atomic mass is 16.5. The Kier molecular flexibility index (Phi) is 6.85. The number of hydrogen-bond acceptors (Lipinski definition) is 4. The van der Waals surface area contributed by atoms with Gasteiger partial charge in [-0.25, -0.2) is 0 Å². The molecule has 124 valence electrons. The van der Waals surface area contributed by atoms with Crippen molar-refractivity contribution in [1.82, 2.24) is 4.98 Å². The zero-order chi connectivity index (χ0) is 17.2. The third-order valence-electron chi connectivity index (χ3n) is 3.28. The lowest BCUT2D eigenvalue weighted by Gasteiger charge is -2.12. The summed E-state index contributed by atoms with van der Waals surface area (Å²) in [6, 6.07) is 13.4. The Balaban J connectivity index is 2.36. The zero-order valence-corrected chi connectivity index (χ0v) is 14.2. The van der Waals surface area contributed by atoms with E-state index in [1.807, 2.05) is 36.4 Å². The molecule has 4 nitrogen and oxygen atoms in total. The van der Waals surface area contributed by atoms with Crippen LogP contribution in [0.5, 0.6) is 11.5 Å². The standard InChI is InChI=1S/C20H22N2O2/c1-3-11-23-18-9-8-16(20(14-18)24-12-4-2)13-17(15-21)19-7-5-6-10-22-19/h5-10,13-14H,3-4,11-12H2,1-2H3/b17-13-. The molecular weight excluding hydrogens is 300 g/mol. The van der Waals surface area contributed by atoms with Gasteiger partial charge in [-0.3, -0.25) is 4.98 Å². The Bertz CT molecular complexity index is 718. The highest BCUT2D eigenvalue weighted by molar-refractivity contribution is 5.89. The van der Waals surface area contributed by atoms with Crippen molar-refractivity contribution in [3.8, 4) is 17.6 Å². The first-order chi connectivity index (χ1) is 11.8. The number of benzene rings is 1. The van der Waals surface area contributed by atoms with E-state index in [9.17, 15) is 5.26 Å². The summed E-state index contributed by atoms with van der Waals surface area (Å²) < 4.78 is 11.5. The van der Waals surface area contributed by atoms with E-state index < -0.39 is 0 Å². The van der Waals surface area contributed by atoms with Gasteiger partial charge in [0.2, 0.25) is 0 Å². The third kappa shape index (κ3) is 4.85. The van der Waals surface area contributed by atoms with Gasteiger partial charge >= 0.3 is 0 Å². The van der Waals surface area contributed by atoms with Crippen LogP contribution in [-0.2, 0) is 0 Å². The average molecular weight is 322 g/mol. The fourth-order valence-corrected chi connectivity index (χ4v) is 2.12. The topological polar surface area (TPSA) is 55.1 Å². The molecule has 0 saturated heterocycles. The molecule has 0 bridgehead atoms. The van der Waals surface area contributed by atoms with E-state index in [1.165, 1.54) is 0 Å². The molecule has 1 heterocycles. The molecule has 24 heavy (non-hydrogen) atoms. The number of hydrogen-bond donors (Lipinski definition) is 0. The summed E-state index contributed by atoms with van der Waals surface area (Å²) in [4.78, 5) is 4.24. The fourth-order valence-electron chi connectivity index (χ4n) is 2.12. The van der Waals surface area contributed by atoms with Crippen LogP contribution in [0.1, 0.15) is 37.9 Å². The summed E-state index contributed by atoms with van der Waals surface area (Å²) in [6.45, 7) is 5.41. The first-order valence-corrected chi connectivity index (χ1v) is 8.21. The molecule has 0 radical (unpaired) electrons. The molecular formula is C20H22N2O2. The van der Waals surface area contributed by atoms with Crippen molar-refractivity contribution in [2.75, 3.05) is 13.2 Å². The number of ether oxygens (including phenoxy) is 2. The summed E-state index contributed by atoms with van der Waals surface area (Å²) in [5.41, 5.74) is 1.99. The predicted octanol–water partition coefficient (Wildman–Crippen LogP) is 4.72. The SMILES string of the molecule is CCCOc1ccc(/C=C(/C#N)c2ccccn2)c(OCCC)c1. The van der Waals surface area contributed by atoms with Gasteiger partial charge in [-0.15, -0.1) is 0 Å². The maximum Gasteiger partial charge on any atom is 0.130 e. The van der Waals surface area contributed by atoms with Crippen molar-refractivity contribution in [3.63, 3.8) is 0 Å². The summed E-state index contributed by atoms with van der Waals surface area (Å²) >= 11 is 0. The Hall–Kier alpha value is -2.80. The molecule has 0 atom stereocenters. The summed E-state index contributed by atoms with van der Waals surface area (Å²) in [6.07, 6.45) is 5.34. The fraction of sp³-hybridized carbons (Fsp3) is 0.300. The molecule has 0 N–H and O–H groups in total. The molecule has 0 spiro atoms. The minimum Gasteiger partial charge on any atom is -0.493 e. The molecule has 0 amide bonds. The van der Waals surface area contributed by atoms with Crippen LogP contribution in [0, 0.1) is 11.3 Å². The van der Waals surface area contributed by atoms with Gasteiger partial charge in [0.1, 0.15) is 17.6 Å². The lowest BCUT2D eigenvalue weighted by atomic mass is 10.1. The molecule has 0 unspecified atom stereocenters. The van der Waals surface area contributed by atoms with Crippen molar-refractivity contribution in [2.24, 2.45) is 0 Å². The molecule has 1 aromatic carbocycles. The van der Waals surface area contributed by atoms with Crippen LogP contribution in [0.4, 0.5) is 0 Å². The quantitative estimate of drug-likeness (QED) is 0.660. The predicted molar refractivity (Wildman–Crippen MR) is 95.7 cm³/mol. The first kappa shape index (κ1) is 17.6. The second kappa shape index (κ2) is 9.36. The van der Waals surface area contributed by atoms with Gasteiger partial charge in [0.15, 0.2) is 0 Å². The second-order valence-electron chi connectivity index (χ2n) is 5.28. The van der Waals surface area contributed by atoms with Crippen molar-refractivity contribution in [3.05, 3.63) is 53.9 Å². The second-order valence-corrected chi connectivity index (χ2v) is 5.28. The van der Waals surface area contributed by atoms with Gasteiger partial charge in [-0.1, -0.05) is 19.9 Å². The first-order valence-electron chi connectivity index (χ1n) is 8.21. The smallest absolute Gasteiger partial charge is 0.130 e. The summed E-state index contributed by atoms with van der Waals surface area (Å²) in [5.74, 6) is 1.49. The van der Waals surface area contributed by atoms with Gasteiger partial charge in [0.05, 0.1) is 24.5 Å². The molecule has 2 aromatic rings. The molecule has 0 aliphatic carbocycles. The number of nitrogens with zero attached hydrogens (tertiary/aromatic N) is 2. The van der Waals surface area contributed by atoms with Gasteiger partial charge < -0.3 is 9.47 Å². The normalized spacial score (nSPS) is 11.0. The van der Waals surface area contributed by atoms with E-state index in [-0.39, 0.29) is 0 Å². The van der Waals surface area contributed by atoms with Crippen LogP contribution in [-0.4, -0.2) is 18.2 Å². The third-order valence-corrected chi connectivity index (χ3v) is 3.28. The number of pyridine rings is 1. The van der Waals surface area contributed by atoms with Crippen LogP contribution >= 0.6 is 0 Å². The molecule has 0 saturated carbocycles. The number of nitriles is 1. The number of aromatic nitrogens is 1. The molecule has 4 heteroatoms. The highest BCUT2D eigenvalue weighted by Gasteiger charge is 2.08. The van der Waals surface area contributed by atoms with E-state index in [4.69, 9.17) is 9.47 Å². The number of rotatable bonds is 8. The van der Waals surface area contributed by atoms with Gasteiger partial charge in [-0.2, -0.15) is 5.26 Å². The van der Waals surface area contributed by atoms with Crippen LogP contribution in [0.25, 0.3) is 11.6 Å². The summed E-state index contributed by atoms with van der Waals surface area (Å²) in [7, 11) is 0. The Labute approximate surface area is 143 Å².